The molecule has 6 heterocycles. The third kappa shape index (κ3) is 11.9. The van der Waals surface area contributed by atoms with Crippen LogP contribution in [0.25, 0.3) is 212 Å². The van der Waals surface area contributed by atoms with Crippen LogP contribution < -0.4 is 0 Å². The highest BCUT2D eigenvalue weighted by atomic mass is 16.3. The van der Waals surface area contributed by atoms with Gasteiger partial charge in [-0.25, -0.2) is 29.9 Å². The fourth-order valence-electron chi connectivity index (χ4n) is 15.8. The van der Waals surface area contributed by atoms with E-state index in [1.807, 2.05) is 146 Å². The maximum absolute atomic E-state index is 6.14. The van der Waals surface area contributed by atoms with Crippen molar-refractivity contribution < 1.29 is 8.83 Å². The molecule has 112 heavy (non-hydrogen) atoms. The monoisotopic (exact) mass is 1430 g/mol. The Morgan fingerprint density at radius 1 is 0.152 bits per heavy atom. The standard InChI is InChI=1S/2C51H32N4O/c1-3-12-34(13-4-1)49-52-50(35-14-5-2-6-15-35)54-51(53-49)39-17-11-16-36(30-39)33-22-26-40(27-23-33)55-45-20-9-7-18-41(45)42-28-24-38(32-46(42)55)37-25-29-48-44(31-37)43-19-8-10-21-47(43)56-48;1-3-12-34(13-4-1)49-52-50(35-14-5-2-6-15-35)54-51(53-49)36-24-22-33(23-25-36)37-16-11-17-40(30-37)55-45-20-9-7-18-41(45)42-28-26-39(32-46(42)55)38-27-29-48-44(31-38)43-19-8-10-21-47(43)56-48/h2*1-32H. The van der Waals surface area contributed by atoms with Crippen LogP contribution in [-0.2, 0) is 0 Å². The van der Waals surface area contributed by atoms with E-state index in [4.69, 9.17) is 38.7 Å². The van der Waals surface area contributed by atoms with Gasteiger partial charge in [0, 0.05) is 87.8 Å². The average Bonchev–Trinajstić information content (AvgIpc) is 1.58. The summed E-state index contributed by atoms with van der Waals surface area (Å²) in [7, 11) is 0. The van der Waals surface area contributed by atoms with E-state index in [1.165, 1.54) is 32.6 Å². The summed E-state index contributed by atoms with van der Waals surface area (Å²) in [5.41, 5.74) is 25.2. The molecular weight excluding hydrogens is 1370 g/mol. The number of hydrogen-bond donors (Lipinski definition) is 0. The van der Waals surface area contributed by atoms with Gasteiger partial charge in [-0.3, -0.25) is 0 Å². The highest BCUT2D eigenvalue weighted by molar-refractivity contribution is 6.13. The van der Waals surface area contributed by atoms with E-state index >= 15 is 0 Å². The molecule has 22 aromatic rings. The first-order valence-electron chi connectivity index (χ1n) is 37.5. The van der Waals surface area contributed by atoms with Crippen molar-refractivity contribution in [3.63, 3.8) is 0 Å². The molecule has 0 unspecified atom stereocenters. The molecule has 22 rings (SSSR count). The fourth-order valence-corrected chi connectivity index (χ4v) is 15.8. The summed E-state index contributed by atoms with van der Waals surface area (Å²) in [6.07, 6.45) is 0. The Morgan fingerprint density at radius 2 is 0.438 bits per heavy atom. The van der Waals surface area contributed by atoms with E-state index < -0.39 is 0 Å². The van der Waals surface area contributed by atoms with Crippen LogP contribution in [0.15, 0.2) is 397 Å². The zero-order chi connectivity index (χ0) is 74.0. The summed E-state index contributed by atoms with van der Waals surface area (Å²) in [4.78, 5) is 29.5. The minimum absolute atomic E-state index is 0.636. The smallest absolute Gasteiger partial charge is 0.164 e. The van der Waals surface area contributed by atoms with Crippen LogP contribution in [0.3, 0.4) is 0 Å². The minimum atomic E-state index is 0.636. The third-order valence-corrected chi connectivity index (χ3v) is 21.3. The van der Waals surface area contributed by atoms with Gasteiger partial charge in [-0.1, -0.05) is 297 Å². The predicted octanol–water partition coefficient (Wildman–Crippen LogP) is 26.4. The maximum atomic E-state index is 6.14. The van der Waals surface area contributed by atoms with Crippen molar-refractivity contribution in [2.45, 2.75) is 0 Å². The topological polar surface area (TPSA) is 113 Å². The number of benzene rings is 16. The molecular formula is C102H64N8O2. The van der Waals surface area contributed by atoms with Crippen molar-refractivity contribution in [2.24, 2.45) is 0 Å². The third-order valence-electron chi connectivity index (χ3n) is 21.3. The molecule has 0 aliphatic heterocycles. The van der Waals surface area contributed by atoms with Gasteiger partial charge >= 0.3 is 0 Å². The van der Waals surface area contributed by atoms with E-state index in [0.717, 1.165) is 144 Å². The number of aromatic nitrogens is 8. The maximum Gasteiger partial charge on any atom is 0.164 e. The van der Waals surface area contributed by atoms with Crippen LogP contribution in [0, 0.1) is 0 Å². The largest absolute Gasteiger partial charge is 0.456 e. The van der Waals surface area contributed by atoms with Crippen LogP contribution in [0.5, 0.6) is 0 Å². The minimum Gasteiger partial charge on any atom is -0.456 e. The van der Waals surface area contributed by atoms with Crippen LogP contribution in [0.2, 0.25) is 0 Å². The lowest BCUT2D eigenvalue weighted by Gasteiger charge is -2.12. The van der Waals surface area contributed by atoms with E-state index in [2.05, 4.69) is 252 Å². The summed E-state index contributed by atoms with van der Waals surface area (Å²) in [5, 5.41) is 9.41. The number of fused-ring (bicyclic) bond motifs is 12. The van der Waals surface area contributed by atoms with E-state index in [9.17, 15) is 0 Å². The molecule has 6 aromatic heterocycles. The molecule has 0 radical (unpaired) electrons. The number of nitrogens with zero attached hydrogens (tertiary/aromatic N) is 8. The van der Waals surface area contributed by atoms with Gasteiger partial charge in [0.2, 0.25) is 0 Å². The quantitative estimate of drug-likeness (QED) is 0.119. The second-order valence-electron chi connectivity index (χ2n) is 28.1. The molecule has 0 N–H and O–H groups in total. The van der Waals surface area contributed by atoms with E-state index in [0.29, 0.717) is 34.9 Å². The first-order chi connectivity index (χ1) is 55.5. The van der Waals surface area contributed by atoms with Crippen molar-refractivity contribution in [1.29, 1.82) is 0 Å². The number of furan rings is 2. The van der Waals surface area contributed by atoms with Crippen molar-refractivity contribution >= 4 is 87.5 Å². The summed E-state index contributed by atoms with van der Waals surface area (Å²) >= 11 is 0. The zero-order valence-electron chi connectivity index (χ0n) is 60.3. The first-order valence-corrected chi connectivity index (χ1v) is 37.5. The lowest BCUT2D eigenvalue weighted by molar-refractivity contribution is 0.668. The number of rotatable bonds is 12. The second-order valence-corrected chi connectivity index (χ2v) is 28.1. The Balaban J connectivity index is 0.000000141. The number of para-hydroxylation sites is 4. The molecule has 0 bridgehead atoms. The molecule has 0 spiro atoms. The molecule has 0 aliphatic carbocycles. The van der Waals surface area contributed by atoms with Gasteiger partial charge in [0.1, 0.15) is 22.3 Å². The number of hydrogen-bond acceptors (Lipinski definition) is 8. The predicted molar refractivity (Wildman–Crippen MR) is 457 cm³/mol. The van der Waals surface area contributed by atoms with Gasteiger partial charge in [-0.2, -0.15) is 0 Å². The fraction of sp³-hybridized carbons (Fsp3) is 0. The summed E-state index contributed by atoms with van der Waals surface area (Å²) in [6.45, 7) is 0. The van der Waals surface area contributed by atoms with Crippen molar-refractivity contribution in [3.05, 3.63) is 388 Å². The lowest BCUT2D eigenvalue weighted by atomic mass is 10.0. The normalized spacial score (nSPS) is 11.6. The van der Waals surface area contributed by atoms with Crippen LogP contribution in [0.1, 0.15) is 0 Å². The van der Waals surface area contributed by atoms with Crippen molar-refractivity contribution in [1.82, 2.24) is 39.0 Å². The molecule has 0 saturated heterocycles. The molecule has 0 saturated carbocycles. The Morgan fingerprint density at radius 3 is 0.893 bits per heavy atom. The molecule has 10 heteroatoms. The van der Waals surface area contributed by atoms with Gasteiger partial charge in [-0.15, -0.1) is 0 Å². The molecule has 524 valence electrons. The van der Waals surface area contributed by atoms with Crippen molar-refractivity contribution in [3.8, 4) is 124 Å². The molecule has 0 aliphatic rings. The van der Waals surface area contributed by atoms with Gasteiger partial charge in [-0.05, 0) is 136 Å². The Bertz CT molecular complexity index is 7240. The van der Waals surface area contributed by atoms with Gasteiger partial charge in [0.05, 0.1) is 22.1 Å². The Labute approximate surface area is 643 Å². The molecule has 16 aromatic carbocycles. The van der Waals surface area contributed by atoms with Crippen molar-refractivity contribution in [2.75, 3.05) is 0 Å². The van der Waals surface area contributed by atoms with Crippen LogP contribution in [-0.4, -0.2) is 39.0 Å². The van der Waals surface area contributed by atoms with Crippen LogP contribution >= 0.6 is 0 Å². The molecule has 0 fully saturated rings. The lowest BCUT2D eigenvalue weighted by Crippen LogP contribution is -2.00. The molecule has 10 nitrogen and oxygen atoms in total. The average molecular weight is 1430 g/mol. The Hall–Kier alpha value is -15.3. The first kappa shape index (κ1) is 65.1. The SMILES string of the molecule is c1ccc(-c2nc(-c3ccccc3)nc(-c3ccc(-c4cccc(-n5c6ccccc6c6ccc(-c7ccc8oc9ccccc9c8c7)cc65)c4)cc3)n2)cc1.c1ccc(-c2nc(-c3ccccc3)nc(-c3cccc(-c4ccc(-n5c6ccccc6c6ccc(-c7ccc8oc9ccccc9c8c7)cc65)cc4)c3)n2)cc1. The van der Waals surface area contributed by atoms with Crippen LogP contribution in [0.4, 0.5) is 0 Å². The van der Waals surface area contributed by atoms with Gasteiger partial charge < -0.3 is 18.0 Å². The molecule has 0 atom stereocenters. The highest BCUT2D eigenvalue weighted by Gasteiger charge is 2.21. The van der Waals surface area contributed by atoms with Gasteiger partial charge in [0.25, 0.3) is 0 Å². The van der Waals surface area contributed by atoms with E-state index in [1.54, 1.807) is 0 Å². The summed E-state index contributed by atoms with van der Waals surface area (Å²) < 4.78 is 17.0. The summed E-state index contributed by atoms with van der Waals surface area (Å²) in [6, 6.07) is 135. The van der Waals surface area contributed by atoms with Gasteiger partial charge in [0.15, 0.2) is 34.9 Å². The van der Waals surface area contributed by atoms with E-state index in [-0.39, 0.29) is 0 Å². The second kappa shape index (κ2) is 27.5. The molecule has 0 amide bonds. The Kier molecular flexibility index (Phi) is 16.0. The zero-order valence-corrected chi connectivity index (χ0v) is 60.3. The highest BCUT2D eigenvalue weighted by Crippen LogP contribution is 2.42. The summed E-state index contributed by atoms with van der Waals surface area (Å²) in [5.74, 6) is 3.87.